The monoisotopic (exact) mass is 280 g/mol. The minimum Gasteiger partial charge on any atom is -0.313 e. The molecule has 0 bridgehead atoms. The predicted molar refractivity (Wildman–Crippen MR) is 51.7 cm³/mol. The third-order valence-electron chi connectivity index (χ3n) is 1.02. The maximum Gasteiger partial charge on any atom is 0.0974 e. The number of halogens is 1. The minimum absolute atomic E-state index is 0.0376. The fourth-order valence-electron chi connectivity index (χ4n) is 0.221. The summed E-state index contributed by atoms with van der Waals surface area (Å²) in [7, 11) is 1.31. The van der Waals surface area contributed by atoms with Gasteiger partial charge in [0, 0.05) is 21.2 Å². The maximum absolute atomic E-state index is 5.12. The van der Waals surface area contributed by atoms with Gasteiger partial charge in [-0.1, -0.05) is 0 Å². The lowest BCUT2D eigenvalue weighted by molar-refractivity contribution is 0.116. The molecule has 0 aromatic heterocycles. The summed E-state index contributed by atoms with van der Waals surface area (Å²) in [6.45, 7) is 3.84. The van der Waals surface area contributed by atoms with Crippen LogP contribution in [-0.4, -0.2) is 12.2 Å². The molecule has 0 saturated carbocycles. The summed E-state index contributed by atoms with van der Waals surface area (Å²) in [5.74, 6) is 0. The Morgan fingerprint density at radius 1 is 1.44 bits per heavy atom. The second-order valence-corrected chi connectivity index (χ2v) is 3.28. The standard InChI is InChI=1S/C4H9IO2S2/c1-3(6-8)4(2)7-9-5/h3-4,8H,1-2H3. The quantitative estimate of drug-likeness (QED) is 0.485. The van der Waals surface area contributed by atoms with Crippen LogP contribution in [-0.2, 0) is 8.37 Å². The summed E-state index contributed by atoms with van der Waals surface area (Å²) in [6.07, 6.45) is 0.125. The molecule has 0 aromatic carbocycles. The van der Waals surface area contributed by atoms with Crippen LogP contribution in [0.3, 0.4) is 0 Å². The molecule has 0 rings (SSSR count). The molecular weight excluding hydrogens is 271 g/mol. The van der Waals surface area contributed by atoms with Gasteiger partial charge in [-0.25, -0.2) is 0 Å². The molecule has 0 radical (unpaired) electrons. The van der Waals surface area contributed by atoms with Crippen molar-refractivity contribution in [1.82, 2.24) is 0 Å². The summed E-state index contributed by atoms with van der Waals surface area (Å²) in [6, 6.07) is 0. The van der Waals surface area contributed by atoms with E-state index in [-0.39, 0.29) is 12.2 Å². The Labute approximate surface area is 77.5 Å². The van der Waals surface area contributed by atoms with Crippen molar-refractivity contribution in [2.75, 3.05) is 0 Å². The van der Waals surface area contributed by atoms with Crippen molar-refractivity contribution in [2.24, 2.45) is 0 Å². The second-order valence-electron chi connectivity index (χ2n) is 1.67. The van der Waals surface area contributed by atoms with E-state index in [1.165, 1.54) is 9.21 Å². The highest BCUT2D eigenvalue weighted by atomic mass is 127. The Morgan fingerprint density at radius 3 is 2.33 bits per heavy atom. The zero-order valence-electron chi connectivity index (χ0n) is 5.20. The first-order valence-electron chi connectivity index (χ1n) is 2.46. The van der Waals surface area contributed by atoms with Crippen molar-refractivity contribution in [2.45, 2.75) is 26.1 Å². The average Bonchev–Trinajstić information content (AvgIpc) is 1.87. The fourth-order valence-corrected chi connectivity index (χ4v) is 1.65. The highest BCUT2D eigenvalue weighted by Gasteiger charge is 2.11. The van der Waals surface area contributed by atoms with E-state index in [1.807, 2.05) is 13.8 Å². The summed E-state index contributed by atoms with van der Waals surface area (Å²) in [5, 5.41) is 0. The molecule has 0 spiro atoms. The molecule has 56 valence electrons. The van der Waals surface area contributed by atoms with Crippen LogP contribution in [0.15, 0.2) is 0 Å². The maximum atomic E-state index is 5.12. The van der Waals surface area contributed by atoms with Crippen LogP contribution in [0.2, 0.25) is 0 Å². The highest BCUT2D eigenvalue weighted by Crippen LogP contribution is 2.18. The Balaban J connectivity index is 3.32. The average molecular weight is 280 g/mol. The number of rotatable bonds is 4. The summed E-state index contributed by atoms with van der Waals surface area (Å²) >= 11 is 5.72. The van der Waals surface area contributed by atoms with E-state index < -0.39 is 0 Å². The first-order valence-corrected chi connectivity index (χ1v) is 6.11. The van der Waals surface area contributed by atoms with Gasteiger partial charge in [-0.05, 0) is 26.8 Å². The normalized spacial score (nSPS) is 17.3. The summed E-state index contributed by atoms with van der Waals surface area (Å²) < 4.78 is 9.84. The third-order valence-corrected chi connectivity index (χ3v) is 2.35. The van der Waals surface area contributed by atoms with Crippen LogP contribution in [0, 0.1) is 0 Å². The van der Waals surface area contributed by atoms with Crippen LogP contribution < -0.4 is 0 Å². The first kappa shape index (κ1) is 10.3. The van der Waals surface area contributed by atoms with Gasteiger partial charge in [-0.2, -0.15) is 0 Å². The van der Waals surface area contributed by atoms with Gasteiger partial charge in [0.25, 0.3) is 0 Å². The van der Waals surface area contributed by atoms with Crippen LogP contribution in [0.5, 0.6) is 0 Å². The van der Waals surface area contributed by atoms with E-state index in [0.717, 1.165) is 0 Å². The largest absolute Gasteiger partial charge is 0.313 e. The molecule has 0 N–H and O–H groups in total. The SMILES string of the molecule is CC(OS)C(C)OSI. The number of hydrogen-bond donors (Lipinski definition) is 1. The number of hydrogen-bond acceptors (Lipinski definition) is 4. The van der Waals surface area contributed by atoms with E-state index >= 15 is 0 Å². The highest BCUT2D eigenvalue weighted by molar-refractivity contribution is 14.2. The van der Waals surface area contributed by atoms with E-state index in [2.05, 4.69) is 34.1 Å². The van der Waals surface area contributed by atoms with Gasteiger partial charge in [-0.3, -0.25) is 4.18 Å². The van der Waals surface area contributed by atoms with E-state index in [1.54, 1.807) is 0 Å². The molecular formula is C4H9IO2S2. The zero-order valence-corrected chi connectivity index (χ0v) is 9.07. The molecule has 0 aliphatic rings. The lowest BCUT2D eigenvalue weighted by Gasteiger charge is -2.14. The molecule has 0 saturated heterocycles. The van der Waals surface area contributed by atoms with Crippen molar-refractivity contribution in [3.05, 3.63) is 0 Å². The molecule has 0 heterocycles. The minimum atomic E-state index is 0.0376. The summed E-state index contributed by atoms with van der Waals surface area (Å²) in [4.78, 5) is 0. The van der Waals surface area contributed by atoms with Crippen molar-refractivity contribution < 1.29 is 8.37 Å². The first-order chi connectivity index (χ1) is 4.22. The molecule has 2 unspecified atom stereocenters. The van der Waals surface area contributed by atoms with Gasteiger partial charge in [0.05, 0.1) is 21.4 Å². The van der Waals surface area contributed by atoms with Gasteiger partial charge in [0.2, 0.25) is 0 Å². The van der Waals surface area contributed by atoms with Crippen LogP contribution in [0.25, 0.3) is 0 Å². The molecule has 2 atom stereocenters. The van der Waals surface area contributed by atoms with Crippen molar-refractivity contribution in [3.8, 4) is 0 Å². The Kier molecular flexibility index (Phi) is 7.00. The van der Waals surface area contributed by atoms with E-state index in [4.69, 9.17) is 8.37 Å². The summed E-state index contributed by atoms with van der Waals surface area (Å²) in [5.41, 5.74) is 0. The van der Waals surface area contributed by atoms with Gasteiger partial charge < -0.3 is 4.18 Å². The topological polar surface area (TPSA) is 18.5 Å². The Bertz CT molecular complexity index is 73.6. The van der Waals surface area contributed by atoms with Gasteiger partial charge >= 0.3 is 0 Å². The lowest BCUT2D eigenvalue weighted by Crippen LogP contribution is -2.20. The molecule has 0 fully saturated rings. The van der Waals surface area contributed by atoms with Crippen LogP contribution in [0.1, 0.15) is 13.8 Å². The van der Waals surface area contributed by atoms with Crippen LogP contribution in [0.4, 0.5) is 0 Å². The zero-order chi connectivity index (χ0) is 7.28. The second kappa shape index (κ2) is 6.09. The number of thiol groups is 1. The van der Waals surface area contributed by atoms with Crippen molar-refractivity contribution >= 4 is 43.3 Å². The van der Waals surface area contributed by atoms with Gasteiger partial charge in [0.1, 0.15) is 0 Å². The molecule has 0 aliphatic heterocycles. The smallest absolute Gasteiger partial charge is 0.0974 e. The van der Waals surface area contributed by atoms with E-state index in [9.17, 15) is 0 Å². The van der Waals surface area contributed by atoms with Crippen LogP contribution >= 0.6 is 43.3 Å². The third kappa shape index (κ3) is 4.72. The molecule has 5 heteroatoms. The molecule has 0 amide bonds. The van der Waals surface area contributed by atoms with Crippen molar-refractivity contribution in [1.29, 1.82) is 0 Å². The predicted octanol–water partition coefficient (Wildman–Crippen LogP) is 2.64. The van der Waals surface area contributed by atoms with E-state index in [0.29, 0.717) is 0 Å². The molecule has 9 heavy (non-hydrogen) atoms. The lowest BCUT2D eigenvalue weighted by atomic mass is 10.3. The molecule has 2 nitrogen and oxygen atoms in total. The fraction of sp³-hybridized carbons (Fsp3) is 1.00. The van der Waals surface area contributed by atoms with Gasteiger partial charge in [0.15, 0.2) is 0 Å². The van der Waals surface area contributed by atoms with Crippen molar-refractivity contribution in [3.63, 3.8) is 0 Å². The molecule has 0 aliphatic carbocycles. The van der Waals surface area contributed by atoms with Gasteiger partial charge in [-0.15, -0.1) is 0 Å². The molecule has 0 aromatic rings. The Morgan fingerprint density at radius 2 is 2.00 bits per heavy atom. The Hall–Kier alpha value is 1.35.